The molecule has 25 heavy (non-hydrogen) atoms. The third-order valence-corrected chi connectivity index (χ3v) is 4.14. The van der Waals surface area contributed by atoms with E-state index in [4.69, 9.17) is 15.2 Å². The Balaban J connectivity index is 0.00000312. The molecule has 0 aliphatic heterocycles. The maximum absolute atomic E-state index is 12.1. The Morgan fingerprint density at radius 3 is 2.36 bits per heavy atom. The molecule has 1 aliphatic rings. The van der Waals surface area contributed by atoms with Crippen molar-refractivity contribution in [1.29, 1.82) is 0 Å². The van der Waals surface area contributed by atoms with Crippen molar-refractivity contribution in [2.75, 3.05) is 26.1 Å². The van der Waals surface area contributed by atoms with E-state index in [1.807, 2.05) is 0 Å². The van der Waals surface area contributed by atoms with E-state index in [9.17, 15) is 9.59 Å². The van der Waals surface area contributed by atoms with Crippen LogP contribution in [0.25, 0.3) is 0 Å². The summed E-state index contributed by atoms with van der Waals surface area (Å²) >= 11 is 0. The van der Waals surface area contributed by atoms with Gasteiger partial charge in [-0.3, -0.25) is 9.59 Å². The van der Waals surface area contributed by atoms with E-state index in [0.29, 0.717) is 23.6 Å². The summed E-state index contributed by atoms with van der Waals surface area (Å²) in [6, 6.07) is 5.15. The molecule has 140 valence electrons. The minimum absolute atomic E-state index is 0. The number of amides is 2. The lowest BCUT2D eigenvalue weighted by atomic mass is 9.85. The average molecular weight is 372 g/mol. The summed E-state index contributed by atoms with van der Waals surface area (Å²) in [6.07, 6.45) is 3.42. The van der Waals surface area contributed by atoms with Crippen LogP contribution in [0.2, 0.25) is 0 Å². The number of nitrogens with one attached hydrogen (secondary N) is 2. The van der Waals surface area contributed by atoms with E-state index in [0.717, 1.165) is 19.3 Å². The van der Waals surface area contributed by atoms with Gasteiger partial charge in [0.25, 0.3) is 0 Å². The summed E-state index contributed by atoms with van der Waals surface area (Å²) in [7, 11) is 3.07. The summed E-state index contributed by atoms with van der Waals surface area (Å²) in [5.41, 5.74) is 6.44. The van der Waals surface area contributed by atoms with Crippen molar-refractivity contribution in [3.8, 4) is 11.5 Å². The van der Waals surface area contributed by atoms with Gasteiger partial charge in [0, 0.05) is 35.8 Å². The number of carbonyl (C=O) groups excluding carboxylic acids is 2. The number of carbonyl (C=O) groups is 2. The van der Waals surface area contributed by atoms with E-state index >= 15 is 0 Å². The largest absolute Gasteiger partial charge is 0.497 e. The van der Waals surface area contributed by atoms with Gasteiger partial charge in [0.05, 0.1) is 20.8 Å². The number of anilines is 1. The number of hydrogen-bond donors (Lipinski definition) is 3. The van der Waals surface area contributed by atoms with Crippen LogP contribution in [0, 0.1) is 5.92 Å². The van der Waals surface area contributed by atoms with Gasteiger partial charge < -0.3 is 25.8 Å². The maximum atomic E-state index is 12.1. The zero-order chi connectivity index (χ0) is 17.5. The van der Waals surface area contributed by atoms with Crippen LogP contribution in [0.4, 0.5) is 5.69 Å². The average Bonchev–Trinajstić information content (AvgIpc) is 2.59. The quantitative estimate of drug-likeness (QED) is 0.706. The lowest BCUT2D eigenvalue weighted by molar-refractivity contribution is -0.128. The van der Waals surface area contributed by atoms with Crippen LogP contribution in [-0.2, 0) is 9.59 Å². The molecule has 2 rings (SSSR count). The van der Waals surface area contributed by atoms with Crippen LogP contribution in [0.3, 0.4) is 0 Å². The maximum Gasteiger partial charge on any atom is 0.243 e. The molecule has 0 radical (unpaired) electrons. The Morgan fingerprint density at radius 2 is 1.80 bits per heavy atom. The van der Waals surface area contributed by atoms with E-state index in [-0.39, 0.29) is 42.7 Å². The molecule has 2 amide bonds. The van der Waals surface area contributed by atoms with Crippen molar-refractivity contribution in [2.24, 2.45) is 11.7 Å². The Kier molecular flexibility index (Phi) is 8.51. The molecule has 7 nitrogen and oxygen atoms in total. The molecule has 1 aromatic rings. The summed E-state index contributed by atoms with van der Waals surface area (Å²) in [6.45, 7) is -0.0793. The van der Waals surface area contributed by atoms with Crippen molar-refractivity contribution in [3.05, 3.63) is 18.2 Å². The number of hydrogen-bond acceptors (Lipinski definition) is 5. The minimum atomic E-state index is -0.307. The number of ether oxygens (including phenoxy) is 2. The van der Waals surface area contributed by atoms with Gasteiger partial charge in [0.15, 0.2) is 0 Å². The molecule has 4 N–H and O–H groups in total. The molecule has 1 aliphatic carbocycles. The highest BCUT2D eigenvalue weighted by Gasteiger charge is 2.25. The zero-order valence-corrected chi connectivity index (χ0v) is 15.4. The second-order valence-electron chi connectivity index (χ2n) is 5.99. The van der Waals surface area contributed by atoms with Gasteiger partial charge in [0.1, 0.15) is 11.5 Å². The van der Waals surface area contributed by atoms with Crippen LogP contribution in [0.5, 0.6) is 11.5 Å². The van der Waals surface area contributed by atoms with E-state index < -0.39 is 0 Å². The van der Waals surface area contributed by atoms with Crippen LogP contribution < -0.4 is 25.8 Å². The highest BCUT2D eigenvalue weighted by atomic mass is 35.5. The van der Waals surface area contributed by atoms with Crippen molar-refractivity contribution in [1.82, 2.24) is 5.32 Å². The fraction of sp³-hybridized carbons (Fsp3) is 0.529. The normalized spacial score (nSPS) is 19.3. The molecular weight excluding hydrogens is 346 g/mol. The molecule has 0 bridgehead atoms. The van der Waals surface area contributed by atoms with Crippen LogP contribution >= 0.6 is 12.4 Å². The smallest absolute Gasteiger partial charge is 0.243 e. The molecule has 0 saturated heterocycles. The summed E-state index contributed by atoms with van der Waals surface area (Å²) < 4.78 is 10.3. The van der Waals surface area contributed by atoms with Gasteiger partial charge in [0.2, 0.25) is 11.8 Å². The number of benzene rings is 1. The number of nitrogens with two attached hydrogens (primary N) is 1. The van der Waals surface area contributed by atoms with E-state index in [2.05, 4.69) is 10.6 Å². The predicted molar refractivity (Wildman–Crippen MR) is 98.4 cm³/mol. The summed E-state index contributed by atoms with van der Waals surface area (Å²) in [5, 5.41) is 5.40. The van der Waals surface area contributed by atoms with Crippen molar-refractivity contribution in [3.63, 3.8) is 0 Å². The van der Waals surface area contributed by atoms with Crippen LogP contribution in [0.1, 0.15) is 25.7 Å². The molecule has 1 fully saturated rings. The summed E-state index contributed by atoms with van der Waals surface area (Å²) in [5.74, 6) is 0.635. The molecule has 8 heteroatoms. The minimum Gasteiger partial charge on any atom is -0.497 e. The fourth-order valence-electron chi connectivity index (χ4n) is 2.86. The van der Waals surface area contributed by atoms with Crippen molar-refractivity contribution >= 4 is 29.9 Å². The van der Waals surface area contributed by atoms with Crippen molar-refractivity contribution in [2.45, 2.75) is 31.7 Å². The zero-order valence-electron chi connectivity index (χ0n) is 14.5. The highest BCUT2D eigenvalue weighted by Crippen LogP contribution is 2.26. The first-order chi connectivity index (χ1) is 11.5. The third-order valence-electron chi connectivity index (χ3n) is 4.14. The second-order valence-corrected chi connectivity index (χ2v) is 5.99. The van der Waals surface area contributed by atoms with Gasteiger partial charge in [-0.15, -0.1) is 12.4 Å². The first-order valence-electron chi connectivity index (χ1n) is 8.08. The van der Waals surface area contributed by atoms with Crippen molar-refractivity contribution < 1.29 is 19.1 Å². The van der Waals surface area contributed by atoms with Crippen LogP contribution in [-0.4, -0.2) is 38.6 Å². The highest BCUT2D eigenvalue weighted by molar-refractivity contribution is 5.95. The Hall–Kier alpha value is -1.99. The molecule has 0 heterocycles. The fourth-order valence-corrected chi connectivity index (χ4v) is 2.86. The Bertz CT molecular complexity index is 575. The van der Waals surface area contributed by atoms with Gasteiger partial charge in [-0.1, -0.05) is 6.42 Å². The molecule has 2 unspecified atom stereocenters. The molecule has 1 saturated carbocycles. The number of methoxy groups -OCH3 is 2. The number of rotatable bonds is 6. The van der Waals surface area contributed by atoms with Crippen LogP contribution in [0.15, 0.2) is 18.2 Å². The second kappa shape index (κ2) is 10.1. The molecule has 0 spiro atoms. The summed E-state index contributed by atoms with van der Waals surface area (Å²) in [4.78, 5) is 24.1. The standard InChI is InChI=1S/C17H25N3O4.ClH/c1-23-14-7-13(8-15(9-14)24-2)20-16(21)10-19-17(22)11-4-3-5-12(18)6-11;/h7-9,11-12H,3-6,10,18H2,1-2H3,(H,19,22)(H,20,21);1H. The lowest BCUT2D eigenvalue weighted by Crippen LogP contribution is -2.40. The number of halogens is 1. The lowest BCUT2D eigenvalue weighted by Gasteiger charge is -2.25. The van der Waals surface area contributed by atoms with Gasteiger partial charge in [-0.25, -0.2) is 0 Å². The topological polar surface area (TPSA) is 103 Å². The third kappa shape index (κ3) is 6.43. The molecular formula is C17H26ClN3O4. The first-order valence-corrected chi connectivity index (χ1v) is 8.08. The SMILES string of the molecule is COc1cc(NC(=O)CNC(=O)C2CCCC(N)C2)cc(OC)c1.Cl. The monoisotopic (exact) mass is 371 g/mol. The Morgan fingerprint density at radius 1 is 1.16 bits per heavy atom. The van der Waals surface area contributed by atoms with Gasteiger partial charge in [-0.05, 0) is 19.3 Å². The Labute approximate surface area is 154 Å². The van der Waals surface area contributed by atoms with E-state index in [1.165, 1.54) is 14.2 Å². The van der Waals surface area contributed by atoms with E-state index in [1.54, 1.807) is 18.2 Å². The van der Waals surface area contributed by atoms with Gasteiger partial charge >= 0.3 is 0 Å². The van der Waals surface area contributed by atoms with Gasteiger partial charge in [-0.2, -0.15) is 0 Å². The molecule has 0 aromatic heterocycles. The predicted octanol–water partition coefficient (Wildman–Crippen LogP) is 1.70. The first kappa shape index (κ1) is 21.1. The molecule has 1 aromatic carbocycles. The molecule has 2 atom stereocenters.